The van der Waals surface area contributed by atoms with Crippen molar-refractivity contribution in [2.75, 3.05) is 43.4 Å². The zero-order valence-electron chi connectivity index (χ0n) is 17.9. The van der Waals surface area contributed by atoms with Crippen LogP contribution in [0.25, 0.3) is 0 Å². The van der Waals surface area contributed by atoms with E-state index in [4.69, 9.17) is 23.8 Å². The lowest BCUT2D eigenvalue weighted by Crippen LogP contribution is -2.47. The van der Waals surface area contributed by atoms with E-state index in [-0.39, 0.29) is 5.91 Å². The van der Waals surface area contributed by atoms with Crippen LogP contribution in [0.1, 0.15) is 31.2 Å². The molecule has 2 fully saturated rings. The van der Waals surface area contributed by atoms with E-state index >= 15 is 0 Å². The number of thiocarbonyl (C=S) groups is 1. The van der Waals surface area contributed by atoms with Gasteiger partial charge in [-0.2, -0.15) is 0 Å². The molecular weight excluding hydrogens is 428 g/mol. The van der Waals surface area contributed by atoms with Crippen molar-refractivity contribution >= 4 is 46.2 Å². The summed E-state index contributed by atoms with van der Waals surface area (Å²) in [5.74, 6) is -0.0307. The Morgan fingerprint density at radius 3 is 2.35 bits per heavy atom. The number of nitrogens with zero attached hydrogens (tertiary/aromatic N) is 2. The van der Waals surface area contributed by atoms with Crippen molar-refractivity contribution < 1.29 is 4.79 Å². The Kier molecular flexibility index (Phi) is 6.80. The number of hydrogen-bond donors (Lipinski definition) is 2. The molecule has 0 aromatic heterocycles. The van der Waals surface area contributed by atoms with Crippen LogP contribution in [-0.2, 0) is 10.2 Å². The fourth-order valence-electron chi connectivity index (χ4n) is 4.73. The molecule has 1 saturated carbocycles. The van der Waals surface area contributed by atoms with Crippen molar-refractivity contribution in [1.29, 1.82) is 0 Å². The Morgan fingerprint density at radius 2 is 1.68 bits per heavy atom. The maximum atomic E-state index is 13.4. The number of carbonyl (C=O) groups is 1. The van der Waals surface area contributed by atoms with Gasteiger partial charge in [-0.15, -0.1) is 0 Å². The number of rotatable bonds is 4. The molecule has 164 valence electrons. The average molecular weight is 457 g/mol. The Hall–Kier alpha value is -2.15. The second kappa shape index (κ2) is 9.55. The summed E-state index contributed by atoms with van der Waals surface area (Å²) in [5, 5.41) is 7.21. The quantitative estimate of drug-likeness (QED) is 0.667. The summed E-state index contributed by atoms with van der Waals surface area (Å²) in [4.78, 5) is 18.0. The SMILES string of the molecule is CN1CCN(c2c(Cl)cccc2NC(=S)NC(=O)C2(c3ccccc3)CCCC2)CC1. The second-order valence-corrected chi connectivity index (χ2v) is 9.31. The maximum absolute atomic E-state index is 13.4. The molecule has 5 nitrogen and oxygen atoms in total. The third-order valence-electron chi connectivity index (χ3n) is 6.50. The molecule has 7 heteroatoms. The zero-order chi connectivity index (χ0) is 21.8. The number of benzene rings is 2. The summed E-state index contributed by atoms with van der Waals surface area (Å²) >= 11 is 12.1. The summed E-state index contributed by atoms with van der Waals surface area (Å²) in [7, 11) is 2.12. The van der Waals surface area contributed by atoms with E-state index in [1.165, 1.54) is 0 Å². The van der Waals surface area contributed by atoms with Gasteiger partial charge in [0.05, 0.1) is 21.8 Å². The average Bonchev–Trinajstić information content (AvgIpc) is 3.27. The summed E-state index contributed by atoms with van der Waals surface area (Å²) in [5.41, 5.74) is 2.31. The highest BCUT2D eigenvalue weighted by Crippen LogP contribution is 2.41. The van der Waals surface area contributed by atoms with Crippen molar-refractivity contribution in [2.45, 2.75) is 31.1 Å². The zero-order valence-corrected chi connectivity index (χ0v) is 19.4. The topological polar surface area (TPSA) is 47.6 Å². The van der Waals surface area contributed by atoms with Gasteiger partial charge in [0.25, 0.3) is 0 Å². The van der Waals surface area contributed by atoms with E-state index in [0.29, 0.717) is 10.1 Å². The van der Waals surface area contributed by atoms with Gasteiger partial charge in [-0.05, 0) is 49.8 Å². The molecular formula is C24H29ClN4OS. The Labute approximate surface area is 194 Å². The van der Waals surface area contributed by atoms with Crippen LogP contribution in [0.3, 0.4) is 0 Å². The van der Waals surface area contributed by atoms with E-state index in [2.05, 4.69) is 27.5 Å². The van der Waals surface area contributed by atoms with E-state index in [1.54, 1.807) is 0 Å². The van der Waals surface area contributed by atoms with E-state index < -0.39 is 5.41 Å². The molecule has 0 unspecified atom stereocenters. The predicted molar refractivity (Wildman–Crippen MR) is 132 cm³/mol. The lowest BCUT2D eigenvalue weighted by Gasteiger charge is -2.35. The van der Waals surface area contributed by atoms with E-state index in [9.17, 15) is 4.79 Å². The number of carbonyl (C=O) groups excluding carboxylic acids is 1. The van der Waals surface area contributed by atoms with Crippen molar-refractivity contribution in [3.05, 3.63) is 59.1 Å². The van der Waals surface area contributed by atoms with E-state index in [0.717, 1.165) is 68.8 Å². The van der Waals surface area contributed by atoms with Crippen molar-refractivity contribution in [3.8, 4) is 0 Å². The highest BCUT2D eigenvalue weighted by Gasteiger charge is 2.42. The van der Waals surface area contributed by atoms with Gasteiger partial charge in [0.15, 0.2) is 5.11 Å². The van der Waals surface area contributed by atoms with Crippen molar-refractivity contribution in [2.24, 2.45) is 0 Å². The van der Waals surface area contributed by atoms with Crippen molar-refractivity contribution in [1.82, 2.24) is 10.2 Å². The molecule has 0 bridgehead atoms. The minimum Gasteiger partial charge on any atom is -0.366 e. The van der Waals surface area contributed by atoms with Gasteiger partial charge in [0.2, 0.25) is 5.91 Å². The fraction of sp³-hybridized carbons (Fsp3) is 0.417. The van der Waals surface area contributed by atoms with Gasteiger partial charge in [0, 0.05) is 26.2 Å². The third kappa shape index (κ3) is 4.71. The molecule has 4 rings (SSSR count). The minimum atomic E-state index is -0.512. The van der Waals surface area contributed by atoms with Crippen LogP contribution in [0.5, 0.6) is 0 Å². The van der Waals surface area contributed by atoms with Gasteiger partial charge < -0.3 is 20.4 Å². The number of hydrogen-bond acceptors (Lipinski definition) is 4. The smallest absolute Gasteiger partial charge is 0.236 e. The normalized spacial score (nSPS) is 18.6. The number of piperazine rings is 1. The highest BCUT2D eigenvalue weighted by atomic mass is 35.5. The number of anilines is 2. The Bertz CT molecular complexity index is 938. The molecule has 2 N–H and O–H groups in total. The standard InChI is InChI=1S/C24H29ClN4OS/c1-28-14-16-29(17-15-28)21-19(25)10-7-11-20(21)26-23(31)27-22(30)24(12-5-6-13-24)18-8-3-2-4-9-18/h2-4,7-11H,5-6,12-17H2,1H3,(H2,26,27,30,31). The number of halogens is 1. The van der Waals surface area contributed by atoms with Crippen LogP contribution in [-0.4, -0.2) is 49.1 Å². The lowest BCUT2D eigenvalue weighted by molar-refractivity contribution is -0.125. The summed E-state index contributed by atoms with van der Waals surface area (Å²) in [6.45, 7) is 3.74. The first-order valence-electron chi connectivity index (χ1n) is 10.9. The van der Waals surface area contributed by atoms with E-state index in [1.807, 2.05) is 48.5 Å². The van der Waals surface area contributed by atoms with Crippen molar-refractivity contribution in [3.63, 3.8) is 0 Å². The number of likely N-dealkylation sites (N-methyl/N-ethyl adjacent to an activating group) is 1. The fourth-order valence-corrected chi connectivity index (χ4v) is 5.22. The third-order valence-corrected chi connectivity index (χ3v) is 7.01. The molecule has 2 aromatic carbocycles. The summed E-state index contributed by atoms with van der Waals surface area (Å²) in [6.07, 6.45) is 3.78. The molecule has 31 heavy (non-hydrogen) atoms. The first-order chi connectivity index (χ1) is 15.0. The van der Waals surface area contributed by atoms with Gasteiger partial charge in [-0.1, -0.05) is 60.8 Å². The highest BCUT2D eigenvalue weighted by molar-refractivity contribution is 7.80. The summed E-state index contributed by atoms with van der Waals surface area (Å²) < 4.78 is 0. The monoisotopic (exact) mass is 456 g/mol. The molecule has 1 amide bonds. The van der Waals surface area contributed by atoms with Crippen LogP contribution in [0.15, 0.2) is 48.5 Å². The van der Waals surface area contributed by atoms with Crippen LogP contribution < -0.4 is 15.5 Å². The molecule has 1 aliphatic carbocycles. The molecule has 0 spiro atoms. The Balaban J connectivity index is 1.50. The molecule has 1 heterocycles. The van der Waals surface area contributed by atoms with Gasteiger partial charge in [0.1, 0.15) is 0 Å². The van der Waals surface area contributed by atoms with Gasteiger partial charge >= 0.3 is 0 Å². The number of nitrogens with one attached hydrogen (secondary N) is 2. The molecule has 0 radical (unpaired) electrons. The molecule has 1 aliphatic heterocycles. The maximum Gasteiger partial charge on any atom is 0.236 e. The Morgan fingerprint density at radius 1 is 1.00 bits per heavy atom. The van der Waals surface area contributed by atoms with Crippen LogP contribution >= 0.6 is 23.8 Å². The summed E-state index contributed by atoms with van der Waals surface area (Å²) in [6, 6.07) is 15.8. The predicted octanol–water partition coefficient (Wildman–Crippen LogP) is 4.42. The largest absolute Gasteiger partial charge is 0.366 e. The van der Waals surface area contributed by atoms with Gasteiger partial charge in [-0.3, -0.25) is 4.79 Å². The van der Waals surface area contributed by atoms with Crippen LogP contribution in [0, 0.1) is 0 Å². The van der Waals surface area contributed by atoms with Gasteiger partial charge in [-0.25, -0.2) is 0 Å². The number of para-hydroxylation sites is 1. The molecule has 0 atom stereocenters. The number of amides is 1. The molecule has 2 aromatic rings. The van der Waals surface area contributed by atoms with Crippen LogP contribution in [0.4, 0.5) is 11.4 Å². The lowest BCUT2D eigenvalue weighted by atomic mass is 9.78. The molecule has 1 saturated heterocycles. The minimum absolute atomic E-state index is 0.0307. The first-order valence-corrected chi connectivity index (χ1v) is 11.7. The second-order valence-electron chi connectivity index (χ2n) is 8.49. The first kappa shape index (κ1) is 22.1. The van der Waals surface area contributed by atoms with Crippen LogP contribution in [0.2, 0.25) is 5.02 Å². The molecule has 2 aliphatic rings.